The molecule has 0 aliphatic rings. The van der Waals surface area contributed by atoms with Gasteiger partial charge in [-0.25, -0.2) is 9.97 Å². The van der Waals surface area contributed by atoms with Gasteiger partial charge in [-0.15, -0.1) is 0 Å². The van der Waals surface area contributed by atoms with Gasteiger partial charge in [0.1, 0.15) is 0 Å². The number of aromatic nitrogens is 3. The lowest BCUT2D eigenvalue weighted by Gasteiger charge is -1.96. The molecule has 66 valence electrons. The molecule has 0 fully saturated rings. The summed E-state index contributed by atoms with van der Waals surface area (Å²) in [5.74, 6) is 0. The van der Waals surface area contributed by atoms with Gasteiger partial charge in [0, 0.05) is 10.7 Å². The maximum atomic E-state index is 11.4. The van der Waals surface area contributed by atoms with E-state index in [0.29, 0.717) is 14.9 Å². The smallest absolute Gasteiger partial charge is 0.261 e. The van der Waals surface area contributed by atoms with Crippen molar-refractivity contribution in [3.63, 3.8) is 0 Å². The third kappa shape index (κ3) is 1.73. The molecule has 0 saturated carbocycles. The second-order valence-electron chi connectivity index (χ2n) is 2.38. The zero-order chi connectivity index (χ0) is 9.42. The summed E-state index contributed by atoms with van der Waals surface area (Å²) in [4.78, 5) is 22.1. The first-order valence-electron chi connectivity index (χ1n) is 3.38. The summed E-state index contributed by atoms with van der Waals surface area (Å²) in [5.41, 5.74) is 0.305. The quantitative estimate of drug-likeness (QED) is 0.580. The van der Waals surface area contributed by atoms with Crippen LogP contribution in [0.5, 0.6) is 0 Å². The molecule has 0 saturated heterocycles. The van der Waals surface area contributed by atoms with Crippen molar-refractivity contribution in [3.8, 4) is 0 Å². The molecule has 0 amide bonds. The minimum Gasteiger partial charge on any atom is -0.301 e. The maximum Gasteiger partial charge on any atom is 0.261 e. The minimum atomic E-state index is -0.164. The van der Waals surface area contributed by atoms with E-state index in [1.165, 1.54) is 0 Å². The second kappa shape index (κ2) is 3.33. The van der Waals surface area contributed by atoms with Gasteiger partial charge < -0.3 is 4.98 Å². The monoisotopic (exact) mass is 351 g/mol. The Morgan fingerprint density at radius 2 is 2.31 bits per heavy atom. The van der Waals surface area contributed by atoms with Crippen LogP contribution in [0.1, 0.15) is 0 Å². The SMILES string of the molecule is O=c1[nH]c(I)nc2ncc(Br)cc12. The van der Waals surface area contributed by atoms with Crippen molar-refractivity contribution in [2.24, 2.45) is 0 Å². The highest BCUT2D eigenvalue weighted by Crippen LogP contribution is 2.12. The Labute approximate surface area is 95.1 Å². The lowest BCUT2D eigenvalue weighted by molar-refractivity contribution is 1.09. The predicted molar refractivity (Wildman–Crippen MR) is 60.6 cm³/mol. The summed E-state index contributed by atoms with van der Waals surface area (Å²) < 4.78 is 1.32. The van der Waals surface area contributed by atoms with Gasteiger partial charge in [0.15, 0.2) is 9.48 Å². The topological polar surface area (TPSA) is 58.6 Å². The van der Waals surface area contributed by atoms with Crippen LogP contribution in [0.4, 0.5) is 0 Å². The normalized spacial score (nSPS) is 10.6. The predicted octanol–water partition coefficient (Wildman–Crippen LogP) is 1.69. The Morgan fingerprint density at radius 1 is 1.54 bits per heavy atom. The first kappa shape index (κ1) is 9.07. The van der Waals surface area contributed by atoms with E-state index in [-0.39, 0.29) is 5.56 Å². The van der Waals surface area contributed by atoms with Gasteiger partial charge in [-0.05, 0) is 44.6 Å². The highest BCUT2D eigenvalue weighted by Gasteiger charge is 2.02. The van der Waals surface area contributed by atoms with Gasteiger partial charge in [-0.2, -0.15) is 0 Å². The molecule has 2 aromatic rings. The molecule has 2 rings (SSSR count). The number of fused-ring (bicyclic) bond motifs is 1. The summed E-state index contributed by atoms with van der Waals surface area (Å²) in [7, 11) is 0. The Morgan fingerprint density at radius 3 is 3.08 bits per heavy atom. The molecule has 0 atom stereocenters. The summed E-state index contributed by atoms with van der Waals surface area (Å²) in [6.45, 7) is 0. The van der Waals surface area contributed by atoms with Crippen molar-refractivity contribution in [2.45, 2.75) is 0 Å². The number of hydrogen-bond acceptors (Lipinski definition) is 3. The number of rotatable bonds is 0. The van der Waals surface area contributed by atoms with Crippen LogP contribution in [0.2, 0.25) is 0 Å². The van der Waals surface area contributed by atoms with Crippen LogP contribution in [0.3, 0.4) is 0 Å². The Bertz CT molecular complexity index is 525. The molecule has 2 heterocycles. The summed E-state index contributed by atoms with van der Waals surface area (Å²) in [6.07, 6.45) is 1.62. The number of H-pyrrole nitrogens is 1. The average molecular weight is 352 g/mol. The molecule has 0 unspecified atom stereocenters. The van der Waals surface area contributed by atoms with E-state index >= 15 is 0 Å². The lowest BCUT2D eigenvalue weighted by atomic mass is 10.3. The van der Waals surface area contributed by atoms with Crippen molar-refractivity contribution in [1.29, 1.82) is 0 Å². The first-order chi connectivity index (χ1) is 6.16. The molecule has 0 bridgehead atoms. The summed E-state index contributed by atoms with van der Waals surface area (Å²) >= 11 is 5.18. The molecule has 0 aliphatic carbocycles. The van der Waals surface area contributed by atoms with Gasteiger partial charge in [0.2, 0.25) is 0 Å². The van der Waals surface area contributed by atoms with Crippen molar-refractivity contribution in [3.05, 3.63) is 30.9 Å². The van der Waals surface area contributed by atoms with E-state index in [1.54, 1.807) is 12.3 Å². The minimum absolute atomic E-state index is 0.164. The molecule has 2 aromatic heterocycles. The standard InChI is InChI=1S/C7H3BrIN3O/c8-3-1-4-5(10-2-3)11-7(9)12-6(4)13/h1-2H,(H,10,11,12,13). The Kier molecular flexibility index (Phi) is 2.33. The van der Waals surface area contributed by atoms with Crippen LogP contribution in [-0.2, 0) is 0 Å². The van der Waals surface area contributed by atoms with Crippen LogP contribution in [0.25, 0.3) is 11.0 Å². The van der Waals surface area contributed by atoms with Crippen LogP contribution in [0, 0.1) is 3.83 Å². The molecule has 0 spiro atoms. The highest BCUT2D eigenvalue weighted by atomic mass is 127. The largest absolute Gasteiger partial charge is 0.301 e. The van der Waals surface area contributed by atoms with E-state index in [0.717, 1.165) is 4.47 Å². The fourth-order valence-electron chi connectivity index (χ4n) is 0.970. The number of aromatic amines is 1. The molecule has 1 N–H and O–H groups in total. The molecule has 0 aliphatic heterocycles. The fraction of sp³-hybridized carbons (Fsp3) is 0. The molecule has 13 heavy (non-hydrogen) atoms. The van der Waals surface area contributed by atoms with Crippen molar-refractivity contribution < 1.29 is 0 Å². The lowest BCUT2D eigenvalue weighted by Crippen LogP contribution is -2.10. The van der Waals surface area contributed by atoms with E-state index in [4.69, 9.17) is 0 Å². The van der Waals surface area contributed by atoms with Crippen molar-refractivity contribution in [2.75, 3.05) is 0 Å². The zero-order valence-corrected chi connectivity index (χ0v) is 9.96. The fourth-order valence-corrected chi connectivity index (χ4v) is 1.77. The Hall–Kier alpha value is -0.500. The molecular formula is C7H3BrIN3O. The van der Waals surface area contributed by atoms with Gasteiger partial charge in [0.05, 0.1) is 5.39 Å². The van der Waals surface area contributed by atoms with Crippen LogP contribution in [0.15, 0.2) is 21.5 Å². The number of hydrogen-bond donors (Lipinski definition) is 1. The van der Waals surface area contributed by atoms with E-state index < -0.39 is 0 Å². The van der Waals surface area contributed by atoms with Crippen molar-refractivity contribution >= 4 is 49.6 Å². The van der Waals surface area contributed by atoms with Crippen LogP contribution < -0.4 is 5.56 Å². The van der Waals surface area contributed by atoms with Crippen molar-refractivity contribution in [1.82, 2.24) is 15.0 Å². The van der Waals surface area contributed by atoms with Crippen LogP contribution in [-0.4, -0.2) is 15.0 Å². The third-order valence-electron chi connectivity index (χ3n) is 1.50. The molecular weight excluding hydrogens is 349 g/mol. The number of pyridine rings is 1. The van der Waals surface area contributed by atoms with E-state index in [9.17, 15) is 4.79 Å². The third-order valence-corrected chi connectivity index (χ3v) is 2.44. The number of nitrogens with zero attached hydrogens (tertiary/aromatic N) is 2. The van der Waals surface area contributed by atoms with Gasteiger partial charge in [-0.1, -0.05) is 0 Å². The Balaban J connectivity index is 2.95. The molecule has 0 aromatic carbocycles. The van der Waals surface area contributed by atoms with E-state index in [1.807, 2.05) is 22.6 Å². The van der Waals surface area contributed by atoms with Gasteiger partial charge in [0.25, 0.3) is 5.56 Å². The zero-order valence-electron chi connectivity index (χ0n) is 6.21. The number of halogens is 2. The summed E-state index contributed by atoms with van der Waals surface area (Å²) in [5, 5.41) is 0.495. The molecule has 4 nitrogen and oxygen atoms in total. The van der Waals surface area contributed by atoms with E-state index in [2.05, 4.69) is 30.9 Å². The van der Waals surface area contributed by atoms with Crippen LogP contribution >= 0.6 is 38.5 Å². The maximum absolute atomic E-state index is 11.4. The number of nitrogens with one attached hydrogen (secondary N) is 1. The summed E-state index contributed by atoms with van der Waals surface area (Å²) in [6, 6.07) is 1.70. The molecule has 0 radical (unpaired) electrons. The highest BCUT2D eigenvalue weighted by molar-refractivity contribution is 14.1. The first-order valence-corrected chi connectivity index (χ1v) is 5.25. The molecule has 6 heteroatoms. The average Bonchev–Trinajstić information content (AvgIpc) is 2.06. The van der Waals surface area contributed by atoms with Gasteiger partial charge >= 0.3 is 0 Å². The second-order valence-corrected chi connectivity index (χ2v) is 4.32. The van der Waals surface area contributed by atoms with Gasteiger partial charge in [-0.3, -0.25) is 4.79 Å².